The van der Waals surface area contributed by atoms with Gasteiger partial charge in [-0.3, -0.25) is 14.4 Å². The fraction of sp³-hybridized carbons (Fsp3) is 0.172. The molecule has 200 valence electrons. The minimum Gasteiger partial charge on any atom is -0.491 e. The summed E-state index contributed by atoms with van der Waals surface area (Å²) in [5.74, 6) is -1.89. The highest BCUT2D eigenvalue weighted by Gasteiger charge is 2.39. The van der Waals surface area contributed by atoms with Crippen molar-refractivity contribution in [3.8, 4) is 5.75 Å². The summed E-state index contributed by atoms with van der Waals surface area (Å²) >= 11 is 6.25. The molecule has 3 aromatic carbocycles. The van der Waals surface area contributed by atoms with Gasteiger partial charge in [0.2, 0.25) is 0 Å². The molecular weight excluding hydrogens is 522 g/mol. The predicted octanol–water partition coefficient (Wildman–Crippen LogP) is 5.34. The number of rotatable bonds is 10. The van der Waals surface area contributed by atoms with E-state index in [1.54, 1.807) is 36.4 Å². The molecule has 1 aliphatic heterocycles. The van der Waals surface area contributed by atoms with Gasteiger partial charge in [0, 0.05) is 11.3 Å². The van der Waals surface area contributed by atoms with E-state index in [0.717, 1.165) is 17.7 Å². The highest BCUT2D eigenvalue weighted by Crippen LogP contribution is 2.31. The van der Waals surface area contributed by atoms with E-state index in [2.05, 4.69) is 17.6 Å². The quantitative estimate of drug-likeness (QED) is 0.200. The molecule has 1 heterocycles. The van der Waals surface area contributed by atoms with Crippen molar-refractivity contribution in [2.75, 3.05) is 29.3 Å². The van der Waals surface area contributed by atoms with Crippen molar-refractivity contribution in [1.29, 1.82) is 0 Å². The Bertz CT molecular complexity index is 1470. The Hall–Kier alpha value is -4.63. The van der Waals surface area contributed by atoms with E-state index >= 15 is 0 Å². The largest absolute Gasteiger partial charge is 0.491 e. The topological polar surface area (TPSA) is 114 Å². The number of halogens is 1. The van der Waals surface area contributed by atoms with E-state index in [1.807, 2.05) is 6.07 Å². The molecule has 1 aliphatic rings. The molecule has 3 aromatic rings. The van der Waals surface area contributed by atoms with E-state index in [9.17, 15) is 19.2 Å². The third-order valence-corrected chi connectivity index (χ3v) is 6.19. The third-order valence-electron chi connectivity index (χ3n) is 5.84. The lowest BCUT2D eigenvalue weighted by Crippen LogP contribution is -2.32. The van der Waals surface area contributed by atoms with Crippen molar-refractivity contribution in [2.24, 2.45) is 0 Å². The standard InChI is InChI=1S/C29H26ClN3O6/c1-3-4-15-39-23-14-6-5-13-22(23)32-26(34)18-9-7-11-20(16-18)31-25-24(30)27(35)33(28(25)36)21-12-8-10-19(17-21)29(37)38-2/h5-14,16-17,31H,3-4,15H2,1-2H3,(H,32,34). The maximum absolute atomic E-state index is 13.2. The summed E-state index contributed by atoms with van der Waals surface area (Å²) in [6.45, 7) is 2.60. The molecule has 0 saturated heterocycles. The predicted molar refractivity (Wildman–Crippen MR) is 148 cm³/mol. The summed E-state index contributed by atoms with van der Waals surface area (Å²) in [5.41, 5.74) is 1.38. The summed E-state index contributed by atoms with van der Waals surface area (Å²) in [6, 6.07) is 19.5. The normalized spacial score (nSPS) is 12.9. The molecule has 10 heteroatoms. The summed E-state index contributed by atoms with van der Waals surface area (Å²) in [7, 11) is 1.23. The van der Waals surface area contributed by atoms with Gasteiger partial charge in [-0.15, -0.1) is 0 Å². The van der Waals surface area contributed by atoms with Crippen LogP contribution in [-0.4, -0.2) is 37.4 Å². The maximum Gasteiger partial charge on any atom is 0.337 e. The summed E-state index contributed by atoms with van der Waals surface area (Å²) in [4.78, 5) is 51.8. The molecule has 0 aromatic heterocycles. The van der Waals surface area contributed by atoms with Gasteiger partial charge in [0.1, 0.15) is 16.5 Å². The highest BCUT2D eigenvalue weighted by molar-refractivity contribution is 6.53. The van der Waals surface area contributed by atoms with Crippen LogP contribution in [0.15, 0.2) is 83.5 Å². The first-order valence-electron chi connectivity index (χ1n) is 12.2. The van der Waals surface area contributed by atoms with Crippen molar-refractivity contribution in [2.45, 2.75) is 19.8 Å². The first-order valence-corrected chi connectivity index (χ1v) is 12.6. The lowest BCUT2D eigenvalue weighted by molar-refractivity contribution is -0.120. The van der Waals surface area contributed by atoms with Gasteiger partial charge < -0.3 is 20.1 Å². The molecule has 0 radical (unpaired) electrons. The third kappa shape index (κ3) is 6.10. The number of hydrogen-bond acceptors (Lipinski definition) is 7. The van der Waals surface area contributed by atoms with Crippen molar-refractivity contribution >= 4 is 52.4 Å². The summed E-state index contributed by atoms with van der Waals surface area (Å²) in [5, 5.41) is 5.39. The zero-order chi connectivity index (χ0) is 27.9. The molecule has 9 nitrogen and oxygen atoms in total. The minimum atomic E-state index is -0.750. The second kappa shape index (κ2) is 12.3. The summed E-state index contributed by atoms with van der Waals surface area (Å²) < 4.78 is 10.5. The molecule has 0 bridgehead atoms. The lowest BCUT2D eigenvalue weighted by Gasteiger charge is -2.16. The number of nitrogens with one attached hydrogen (secondary N) is 2. The Morgan fingerprint density at radius 3 is 2.44 bits per heavy atom. The number of carbonyl (C=O) groups is 4. The lowest BCUT2D eigenvalue weighted by atomic mass is 10.1. The number of methoxy groups -OCH3 is 1. The number of imide groups is 1. The van der Waals surface area contributed by atoms with E-state index in [1.165, 1.54) is 37.4 Å². The van der Waals surface area contributed by atoms with Crippen molar-refractivity contribution in [1.82, 2.24) is 0 Å². The van der Waals surface area contributed by atoms with Gasteiger partial charge in [0.25, 0.3) is 17.7 Å². The van der Waals surface area contributed by atoms with Crippen LogP contribution in [-0.2, 0) is 14.3 Å². The van der Waals surface area contributed by atoms with Crippen LogP contribution in [0.3, 0.4) is 0 Å². The molecule has 0 saturated carbocycles. The first kappa shape index (κ1) is 27.4. The van der Waals surface area contributed by atoms with Gasteiger partial charge in [0.05, 0.1) is 30.7 Å². The Morgan fingerprint density at radius 1 is 0.923 bits per heavy atom. The number of esters is 1. The van der Waals surface area contributed by atoms with Crippen LogP contribution in [0.25, 0.3) is 0 Å². The fourth-order valence-corrected chi connectivity index (χ4v) is 4.05. The minimum absolute atomic E-state index is 0.155. The van der Waals surface area contributed by atoms with Gasteiger partial charge in [-0.25, -0.2) is 9.69 Å². The number of hydrogen-bond donors (Lipinski definition) is 2. The van der Waals surface area contributed by atoms with Crippen molar-refractivity contribution in [3.63, 3.8) is 0 Å². The molecule has 0 unspecified atom stereocenters. The zero-order valence-electron chi connectivity index (χ0n) is 21.3. The van der Waals surface area contributed by atoms with Gasteiger partial charge in [0.15, 0.2) is 0 Å². The molecule has 0 aliphatic carbocycles. The molecule has 39 heavy (non-hydrogen) atoms. The Kier molecular flexibility index (Phi) is 8.63. The zero-order valence-corrected chi connectivity index (χ0v) is 22.1. The van der Waals surface area contributed by atoms with Crippen molar-refractivity contribution < 1.29 is 28.7 Å². The van der Waals surface area contributed by atoms with Gasteiger partial charge in [-0.2, -0.15) is 0 Å². The van der Waals surface area contributed by atoms with Crippen LogP contribution < -0.4 is 20.3 Å². The van der Waals surface area contributed by atoms with Crippen molar-refractivity contribution in [3.05, 3.63) is 94.7 Å². The number of carbonyl (C=O) groups excluding carboxylic acids is 4. The summed E-state index contributed by atoms with van der Waals surface area (Å²) in [6.07, 6.45) is 1.88. The number of ether oxygens (including phenoxy) is 2. The van der Waals surface area contributed by atoms with E-state index < -0.39 is 17.8 Å². The van der Waals surface area contributed by atoms with Crippen LogP contribution in [0, 0.1) is 0 Å². The molecule has 4 rings (SSSR count). The number of amides is 3. The molecule has 0 spiro atoms. The Balaban J connectivity index is 1.51. The smallest absolute Gasteiger partial charge is 0.337 e. The number of benzene rings is 3. The SMILES string of the molecule is CCCCOc1ccccc1NC(=O)c1cccc(NC2=C(Cl)C(=O)N(c3cccc(C(=O)OC)c3)C2=O)c1. The molecule has 0 fully saturated rings. The number of nitrogens with zero attached hydrogens (tertiary/aromatic N) is 1. The van der Waals surface area contributed by atoms with Gasteiger partial charge in [-0.1, -0.05) is 49.2 Å². The van der Waals surface area contributed by atoms with Crippen LogP contribution in [0.5, 0.6) is 5.75 Å². The van der Waals surface area contributed by atoms with E-state index in [0.29, 0.717) is 29.3 Å². The molecule has 0 atom stereocenters. The van der Waals surface area contributed by atoms with Gasteiger partial charge >= 0.3 is 5.97 Å². The Labute approximate surface area is 230 Å². The second-order valence-corrected chi connectivity index (χ2v) is 8.91. The van der Waals surface area contributed by atoms with Crippen LogP contribution in [0.1, 0.15) is 40.5 Å². The van der Waals surface area contributed by atoms with Crippen LogP contribution in [0.4, 0.5) is 17.1 Å². The Morgan fingerprint density at radius 2 is 1.67 bits per heavy atom. The van der Waals surface area contributed by atoms with Gasteiger partial charge in [-0.05, 0) is 55.0 Å². The highest BCUT2D eigenvalue weighted by atomic mass is 35.5. The van der Waals surface area contributed by atoms with E-state index in [-0.39, 0.29) is 27.9 Å². The van der Waals surface area contributed by atoms with E-state index in [4.69, 9.17) is 21.1 Å². The first-order chi connectivity index (χ1) is 18.8. The molecule has 3 amide bonds. The second-order valence-electron chi connectivity index (χ2n) is 8.53. The monoisotopic (exact) mass is 547 g/mol. The van der Waals surface area contributed by atoms with Crippen LogP contribution in [0.2, 0.25) is 0 Å². The number of para-hydroxylation sites is 2. The fourth-order valence-electron chi connectivity index (χ4n) is 3.83. The number of anilines is 3. The van der Waals surface area contributed by atoms with Crippen LogP contribution >= 0.6 is 11.6 Å². The number of unbranched alkanes of at least 4 members (excludes halogenated alkanes) is 1. The average molecular weight is 548 g/mol. The maximum atomic E-state index is 13.2. The average Bonchev–Trinajstić information content (AvgIpc) is 3.16. The molecule has 2 N–H and O–H groups in total. The molecular formula is C29H26ClN3O6.